The lowest BCUT2D eigenvalue weighted by Crippen LogP contribution is -2.38. The molecule has 0 bridgehead atoms. The van der Waals surface area contributed by atoms with E-state index in [0.717, 1.165) is 69.4 Å². The third-order valence-electron chi connectivity index (χ3n) is 5.80. The summed E-state index contributed by atoms with van der Waals surface area (Å²) in [6.45, 7) is 13.8. The van der Waals surface area contributed by atoms with Gasteiger partial charge in [-0.15, -0.1) is 0 Å². The maximum absolute atomic E-state index is 6.49. The van der Waals surface area contributed by atoms with Crippen LogP contribution in [0.15, 0.2) is 6.20 Å². The maximum atomic E-state index is 6.49. The number of aromatic nitrogens is 2. The van der Waals surface area contributed by atoms with Gasteiger partial charge in [-0.3, -0.25) is 0 Å². The Balaban J connectivity index is 2.19. The van der Waals surface area contributed by atoms with Crippen LogP contribution in [-0.4, -0.2) is 61.3 Å². The molecule has 2 rings (SSSR count). The van der Waals surface area contributed by atoms with E-state index < -0.39 is 0 Å². The summed E-state index contributed by atoms with van der Waals surface area (Å²) in [6, 6.07) is 0. The third-order valence-corrected chi connectivity index (χ3v) is 5.80. The molecule has 0 N–H and O–H groups in total. The molecule has 1 fully saturated rings. The van der Waals surface area contributed by atoms with Gasteiger partial charge in [0.05, 0.1) is 30.8 Å². The van der Waals surface area contributed by atoms with Gasteiger partial charge in [0.15, 0.2) is 0 Å². The van der Waals surface area contributed by atoms with Gasteiger partial charge < -0.3 is 23.7 Å². The Kier molecular flexibility index (Phi) is 13.9. The first-order valence-corrected chi connectivity index (χ1v) is 13.1. The molecule has 0 spiro atoms. The molecule has 0 radical (unpaired) electrons. The van der Waals surface area contributed by atoms with Gasteiger partial charge in [0.2, 0.25) is 5.88 Å². The summed E-state index contributed by atoms with van der Waals surface area (Å²) in [7, 11) is 0. The average Bonchev–Trinajstić information content (AvgIpc) is 3.15. The highest BCUT2D eigenvalue weighted by Gasteiger charge is 2.47. The van der Waals surface area contributed by atoms with Gasteiger partial charge in [-0.25, -0.2) is 9.97 Å². The van der Waals surface area contributed by atoms with Crippen LogP contribution in [0.3, 0.4) is 0 Å². The van der Waals surface area contributed by atoms with Gasteiger partial charge in [-0.05, 0) is 32.6 Å². The van der Waals surface area contributed by atoms with Crippen LogP contribution in [0.25, 0.3) is 0 Å². The molecule has 33 heavy (non-hydrogen) atoms. The summed E-state index contributed by atoms with van der Waals surface area (Å²) in [6.07, 6.45) is 9.18. The van der Waals surface area contributed by atoms with E-state index in [1.165, 1.54) is 0 Å². The minimum Gasteiger partial charge on any atom is -0.476 e. The van der Waals surface area contributed by atoms with Crippen LogP contribution in [0.4, 0.5) is 0 Å². The van der Waals surface area contributed by atoms with E-state index >= 15 is 0 Å². The Bertz CT molecular complexity index is 645. The number of hydrogen-bond donors (Lipinski definition) is 0. The van der Waals surface area contributed by atoms with Crippen molar-refractivity contribution in [1.29, 1.82) is 0 Å². The first kappa shape index (κ1) is 28.0. The molecule has 1 aromatic heterocycles. The smallest absolute Gasteiger partial charge is 0.235 e. The first-order chi connectivity index (χ1) is 16.2. The molecular formula is C26H46N2O5. The topological polar surface area (TPSA) is 71.9 Å². The number of hydrogen-bond acceptors (Lipinski definition) is 7. The van der Waals surface area contributed by atoms with Crippen LogP contribution in [0.1, 0.15) is 96.6 Å². The van der Waals surface area contributed by atoms with E-state index in [9.17, 15) is 0 Å². The normalized spacial score (nSPS) is 22.7. The molecule has 0 saturated carbocycles. The van der Waals surface area contributed by atoms with Crippen molar-refractivity contribution in [2.45, 2.75) is 110 Å². The van der Waals surface area contributed by atoms with Crippen molar-refractivity contribution < 1.29 is 23.7 Å². The molecule has 2 heterocycles. The second kappa shape index (κ2) is 16.4. The second-order valence-corrected chi connectivity index (χ2v) is 8.79. The van der Waals surface area contributed by atoms with Crippen LogP contribution in [0.2, 0.25) is 0 Å². The summed E-state index contributed by atoms with van der Waals surface area (Å²) < 4.78 is 30.9. The largest absolute Gasteiger partial charge is 0.476 e. The van der Waals surface area contributed by atoms with Crippen molar-refractivity contribution in [2.75, 3.05) is 33.0 Å². The zero-order valence-electron chi connectivity index (χ0n) is 21.5. The van der Waals surface area contributed by atoms with Gasteiger partial charge >= 0.3 is 0 Å². The quantitative estimate of drug-likeness (QED) is 0.261. The van der Waals surface area contributed by atoms with Crippen molar-refractivity contribution in [1.82, 2.24) is 9.97 Å². The molecule has 1 aliphatic rings. The molecule has 4 atom stereocenters. The van der Waals surface area contributed by atoms with Crippen LogP contribution in [0, 0.1) is 6.92 Å². The summed E-state index contributed by atoms with van der Waals surface area (Å²) in [5.74, 6) is 0.587. The highest BCUT2D eigenvalue weighted by Crippen LogP contribution is 2.37. The lowest BCUT2D eigenvalue weighted by Gasteiger charge is -2.25. The molecule has 1 saturated heterocycles. The summed E-state index contributed by atoms with van der Waals surface area (Å²) in [5, 5.41) is 0. The van der Waals surface area contributed by atoms with Gasteiger partial charge in [-0.1, -0.05) is 53.4 Å². The van der Waals surface area contributed by atoms with Crippen molar-refractivity contribution >= 4 is 0 Å². The molecule has 1 aromatic rings. The molecule has 1 unspecified atom stereocenters. The first-order valence-electron chi connectivity index (χ1n) is 13.1. The standard InChI is InChI=1S/C26H46N2O5/c1-6-10-14-29-19-22-24(30-15-11-7-2)25(31-16-12-8-3)23(33-22)21-18-27-26(20(5)28-21)32-17-13-9-4/h18,22-25H,6-17,19H2,1-5H3/t22-,23+,24+,25?/m1/s1. The Morgan fingerprint density at radius 2 is 1.42 bits per heavy atom. The Hall–Kier alpha value is -1.28. The fraction of sp³-hybridized carbons (Fsp3) is 0.846. The van der Waals surface area contributed by atoms with Crippen LogP contribution in [0.5, 0.6) is 5.88 Å². The summed E-state index contributed by atoms with van der Waals surface area (Å²) in [4.78, 5) is 9.34. The highest BCUT2D eigenvalue weighted by molar-refractivity contribution is 5.21. The Morgan fingerprint density at radius 1 is 0.818 bits per heavy atom. The van der Waals surface area contributed by atoms with E-state index in [-0.39, 0.29) is 24.4 Å². The second-order valence-electron chi connectivity index (χ2n) is 8.79. The fourth-order valence-electron chi connectivity index (χ4n) is 3.74. The van der Waals surface area contributed by atoms with Crippen LogP contribution < -0.4 is 4.74 Å². The van der Waals surface area contributed by atoms with Gasteiger partial charge in [-0.2, -0.15) is 0 Å². The Labute approximate surface area is 200 Å². The van der Waals surface area contributed by atoms with E-state index in [1.54, 1.807) is 6.20 Å². The number of unbranched alkanes of at least 4 members (excludes halogenated alkanes) is 4. The average molecular weight is 467 g/mol. The molecule has 190 valence electrons. The van der Waals surface area contributed by atoms with Crippen molar-refractivity contribution in [2.24, 2.45) is 0 Å². The highest BCUT2D eigenvalue weighted by atomic mass is 16.6. The number of ether oxygens (including phenoxy) is 5. The molecule has 1 aliphatic heterocycles. The summed E-state index contributed by atoms with van der Waals surface area (Å²) >= 11 is 0. The predicted molar refractivity (Wildman–Crippen MR) is 130 cm³/mol. The van der Waals surface area contributed by atoms with Crippen molar-refractivity contribution in [3.63, 3.8) is 0 Å². The number of rotatable bonds is 18. The van der Waals surface area contributed by atoms with E-state index in [4.69, 9.17) is 28.7 Å². The van der Waals surface area contributed by atoms with Gasteiger partial charge in [0, 0.05) is 19.8 Å². The monoisotopic (exact) mass is 466 g/mol. The van der Waals surface area contributed by atoms with Crippen LogP contribution >= 0.6 is 0 Å². The number of nitrogens with zero attached hydrogens (tertiary/aromatic N) is 2. The minimum atomic E-state index is -0.343. The molecule has 7 nitrogen and oxygen atoms in total. The minimum absolute atomic E-state index is 0.192. The van der Waals surface area contributed by atoms with Crippen molar-refractivity contribution in [3.8, 4) is 5.88 Å². The van der Waals surface area contributed by atoms with E-state index in [0.29, 0.717) is 32.3 Å². The maximum Gasteiger partial charge on any atom is 0.235 e. The zero-order chi connectivity index (χ0) is 23.9. The fourth-order valence-corrected chi connectivity index (χ4v) is 3.74. The van der Waals surface area contributed by atoms with Gasteiger partial charge in [0.1, 0.15) is 24.4 Å². The Morgan fingerprint density at radius 3 is 2.06 bits per heavy atom. The molecular weight excluding hydrogens is 420 g/mol. The molecule has 7 heteroatoms. The summed E-state index contributed by atoms with van der Waals surface area (Å²) in [5.41, 5.74) is 1.53. The van der Waals surface area contributed by atoms with E-state index in [2.05, 4.69) is 32.7 Å². The zero-order valence-corrected chi connectivity index (χ0v) is 21.5. The SMILES string of the molecule is CCCCOC[C@H]1O[C@@H](c2cnc(OCCCC)c(C)n2)C(OCCCC)[C@H]1OCCCC. The van der Waals surface area contributed by atoms with Crippen LogP contribution in [-0.2, 0) is 18.9 Å². The lowest BCUT2D eigenvalue weighted by atomic mass is 10.0. The predicted octanol–water partition coefficient (Wildman–Crippen LogP) is 5.59. The van der Waals surface area contributed by atoms with Gasteiger partial charge in [0.25, 0.3) is 0 Å². The third kappa shape index (κ3) is 9.12. The molecule has 0 aromatic carbocycles. The van der Waals surface area contributed by atoms with Crippen molar-refractivity contribution in [3.05, 3.63) is 17.6 Å². The van der Waals surface area contributed by atoms with E-state index in [1.807, 2.05) is 6.92 Å². The lowest BCUT2D eigenvalue weighted by molar-refractivity contribution is -0.0795. The molecule has 0 aliphatic carbocycles. The molecule has 0 amide bonds. The number of aryl methyl sites for hydroxylation is 1.